The van der Waals surface area contributed by atoms with Crippen molar-refractivity contribution in [3.8, 4) is 0 Å². The van der Waals surface area contributed by atoms with E-state index in [2.05, 4.69) is 4.98 Å². The Kier molecular flexibility index (Phi) is 6.34. The Bertz CT molecular complexity index is 369. The standard InChI is InChI=1S/C7H8F2N2.C2H2O4/c8-7(9)5-1-2-6(3-10)11-4-5;3-1(4)2(5)6/h1-2,4,7H,3,10H2;(H,3,4)(H,5,6). The highest BCUT2D eigenvalue weighted by atomic mass is 19.3. The number of aliphatic carboxylic acids is 2. The van der Waals surface area contributed by atoms with Gasteiger partial charge < -0.3 is 15.9 Å². The molecular formula is C9H10F2N2O4. The van der Waals surface area contributed by atoms with Crippen molar-refractivity contribution in [3.05, 3.63) is 29.6 Å². The smallest absolute Gasteiger partial charge is 0.414 e. The van der Waals surface area contributed by atoms with Gasteiger partial charge in [0.15, 0.2) is 0 Å². The number of nitrogens with two attached hydrogens (primary N) is 1. The molecule has 0 saturated heterocycles. The van der Waals surface area contributed by atoms with Crippen LogP contribution in [0.2, 0.25) is 0 Å². The number of halogens is 2. The monoisotopic (exact) mass is 248 g/mol. The summed E-state index contributed by atoms with van der Waals surface area (Å²) in [6.45, 7) is 0.281. The van der Waals surface area contributed by atoms with Crippen molar-refractivity contribution in [2.24, 2.45) is 5.73 Å². The Hall–Kier alpha value is -2.09. The topological polar surface area (TPSA) is 114 Å². The minimum Gasteiger partial charge on any atom is -0.473 e. The van der Waals surface area contributed by atoms with Crippen molar-refractivity contribution in [2.75, 3.05) is 0 Å². The van der Waals surface area contributed by atoms with Crippen LogP contribution in [0.25, 0.3) is 0 Å². The normalized spacial score (nSPS) is 9.41. The van der Waals surface area contributed by atoms with E-state index in [1.54, 1.807) is 0 Å². The molecule has 1 aromatic rings. The van der Waals surface area contributed by atoms with Crippen LogP contribution in [-0.4, -0.2) is 27.1 Å². The highest BCUT2D eigenvalue weighted by Gasteiger charge is 2.05. The summed E-state index contributed by atoms with van der Waals surface area (Å²) in [6, 6.07) is 2.83. The fourth-order valence-corrected chi connectivity index (χ4v) is 0.686. The fraction of sp³-hybridized carbons (Fsp3) is 0.222. The molecule has 0 aliphatic carbocycles. The average molecular weight is 248 g/mol. The van der Waals surface area contributed by atoms with Crippen LogP contribution in [0, 0.1) is 0 Å². The van der Waals surface area contributed by atoms with Crippen LogP contribution in [0.4, 0.5) is 8.78 Å². The highest BCUT2D eigenvalue weighted by molar-refractivity contribution is 6.27. The van der Waals surface area contributed by atoms with E-state index in [1.165, 1.54) is 12.1 Å². The van der Waals surface area contributed by atoms with Gasteiger partial charge in [-0.15, -0.1) is 0 Å². The average Bonchev–Trinajstić information content (AvgIpc) is 2.29. The molecule has 0 amide bonds. The Balaban J connectivity index is 0.000000366. The lowest BCUT2D eigenvalue weighted by molar-refractivity contribution is -0.159. The predicted octanol–water partition coefficient (Wildman–Crippen LogP) is 0.634. The minimum absolute atomic E-state index is 0.0674. The van der Waals surface area contributed by atoms with Crippen molar-refractivity contribution in [1.29, 1.82) is 0 Å². The third-order valence-electron chi connectivity index (χ3n) is 1.49. The maximum absolute atomic E-state index is 11.9. The second-order valence-electron chi connectivity index (χ2n) is 2.70. The van der Waals surface area contributed by atoms with E-state index < -0.39 is 18.4 Å². The van der Waals surface area contributed by atoms with Gasteiger partial charge in [0.25, 0.3) is 6.43 Å². The summed E-state index contributed by atoms with van der Waals surface area (Å²) in [5.41, 5.74) is 5.78. The van der Waals surface area contributed by atoms with Crippen LogP contribution in [0.15, 0.2) is 18.3 Å². The molecule has 0 unspecified atom stereocenters. The molecule has 17 heavy (non-hydrogen) atoms. The SMILES string of the molecule is NCc1ccc(C(F)F)cn1.O=C(O)C(=O)O. The lowest BCUT2D eigenvalue weighted by atomic mass is 10.2. The molecule has 0 fully saturated rings. The van der Waals surface area contributed by atoms with Gasteiger partial charge in [-0.3, -0.25) is 4.98 Å². The Labute approximate surface area is 94.7 Å². The predicted molar refractivity (Wildman–Crippen MR) is 52.4 cm³/mol. The van der Waals surface area contributed by atoms with Gasteiger partial charge in [0.2, 0.25) is 0 Å². The first kappa shape index (κ1) is 14.9. The van der Waals surface area contributed by atoms with Gasteiger partial charge in [-0.25, -0.2) is 18.4 Å². The van der Waals surface area contributed by atoms with E-state index in [1.807, 2.05) is 0 Å². The molecular weight excluding hydrogens is 238 g/mol. The van der Waals surface area contributed by atoms with Gasteiger partial charge in [0, 0.05) is 18.3 Å². The van der Waals surface area contributed by atoms with E-state index in [9.17, 15) is 8.78 Å². The van der Waals surface area contributed by atoms with Gasteiger partial charge in [0.05, 0.1) is 5.69 Å². The van der Waals surface area contributed by atoms with Crippen LogP contribution >= 0.6 is 0 Å². The number of pyridine rings is 1. The number of carbonyl (C=O) groups is 2. The number of nitrogens with zero attached hydrogens (tertiary/aromatic N) is 1. The van der Waals surface area contributed by atoms with E-state index in [0.717, 1.165) is 6.20 Å². The second kappa shape index (κ2) is 7.23. The number of carboxylic acid groups (broad SMARTS) is 2. The first-order valence-electron chi connectivity index (χ1n) is 4.27. The summed E-state index contributed by atoms with van der Waals surface area (Å²) >= 11 is 0. The molecule has 1 heterocycles. The lowest BCUT2D eigenvalue weighted by Crippen LogP contribution is -2.09. The molecule has 0 bridgehead atoms. The molecule has 6 nitrogen and oxygen atoms in total. The lowest BCUT2D eigenvalue weighted by Gasteiger charge is -1.98. The van der Waals surface area contributed by atoms with Crippen LogP contribution in [0.3, 0.4) is 0 Å². The molecule has 1 rings (SSSR count). The molecule has 1 aromatic heterocycles. The molecule has 0 aliphatic heterocycles. The van der Waals surface area contributed by atoms with Crippen molar-refractivity contribution < 1.29 is 28.6 Å². The number of alkyl halides is 2. The first-order valence-corrected chi connectivity index (χ1v) is 4.27. The molecule has 0 atom stereocenters. The van der Waals surface area contributed by atoms with Crippen molar-refractivity contribution in [1.82, 2.24) is 4.98 Å². The zero-order valence-corrected chi connectivity index (χ0v) is 8.51. The number of carboxylic acids is 2. The maximum Gasteiger partial charge on any atom is 0.414 e. The van der Waals surface area contributed by atoms with Gasteiger partial charge in [-0.05, 0) is 12.1 Å². The van der Waals surface area contributed by atoms with Crippen LogP contribution < -0.4 is 5.73 Å². The second-order valence-corrected chi connectivity index (χ2v) is 2.70. The third kappa shape index (κ3) is 6.15. The van der Waals surface area contributed by atoms with Crippen LogP contribution in [0.5, 0.6) is 0 Å². The van der Waals surface area contributed by atoms with Gasteiger partial charge in [-0.1, -0.05) is 0 Å². The zero-order valence-electron chi connectivity index (χ0n) is 8.51. The van der Waals surface area contributed by atoms with E-state index in [0.29, 0.717) is 5.69 Å². The summed E-state index contributed by atoms with van der Waals surface area (Å²) in [7, 11) is 0. The van der Waals surface area contributed by atoms with Crippen molar-refractivity contribution in [3.63, 3.8) is 0 Å². The van der Waals surface area contributed by atoms with E-state index in [-0.39, 0.29) is 12.1 Å². The number of aromatic nitrogens is 1. The molecule has 8 heteroatoms. The maximum atomic E-state index is 11.9. The summed E-state index contributed by atoms with van der Waals surface area (Å²) in [5, 5.41) is 14.8. The summed E-state index contributed by atoms with van der Waals surface area (Å²) in [6.07, 6.45) is -1.30. The third-order valence-corrected chi connectivity index (χ3v) is 1.49. The highest BCUT2D eigenvalue weighted by Crippen LogP contribution is 2.16. The van der Waals surface area contributed by atoms with Crippen LogP contribution in [-0.2, 0) is 16.1 Å². The quantitative estimate of drug-likeness (QED) is 0.661. The number of rotatable bonds is 2. The fourth-order valence-electron chi connectivity index (χ4n) is 0.686. The Morgan fingerprint density at radius 2 is 1.82 bits per heavy atom. The summed E-state index contributed by atoms with van der Waals surface area (Å²) < 4.78 is 23.9. The molecule has 0 saturated carbocycles. The molecule has 0 aliphatic rings. The molecule has 4 N–H and O–H groups in total. The first-order chi connectivity index (χ1) is 7.88. The number of hydrogen-bond acceptors (Lipinski definition) is 4. The van der Waals surface area contributed by atoms with Gasteiger partial charge in [-0.2, -0.15) is 0 Å². The molecule has 0 spiro atoms. The minimum atomic E-state index is -2.45. The Morgan fingerprint density at radius 3 is 2.06 bits per heavy atom. The van der Waals surface area contributed by atoms with E-state index in [4.69, 9.17) is 25.5 Å². The zero-order chi connectivity index (χ0) is 13.4. The van der Waals surface area contributed by atoms with E-state index >= 15 is 0 Å². The van der Waals surface area contributed by atoms with Crippen molar-refractivity contribution in [2.45, 2.75) is 13.0 Å². The summed E-state index contributed by atoms with van der Waals surface area (Å²) in [4.78, 5) is 21.9. The van der Waals surface area contributed by atoms with Gasteiger partial charge >= 0.3 is 11.9 Å². The summed E-state index contributed by atoms with van der Waals surface area (Å²) in [5.74, 6) is -3.65. The molecule has 94 valence electrons. The molecule has 0 aromatic carbocycles. The molecule has 0 radical (unpaired) electrons. The largest absolute Gasteiger partial charge is 0.473 e. The van der Waals surface area contributed by atoms with Crippen LogP contribution in [0.1, 0.15) is 17.7 Å². The number of hydrogen-bond donors (Lipinski definition) is 3. The Morgan fingerprint density at radius 1 is 1.29 bits per heavy atom. The van der Waals surface area contributed by atoms with Crippen molar-refractivity contribution >= 4 is 11.9 Å². The van der Waals surface area contributed by atoms with Gasteiger partial charge in [0.1, 0.15) is 0 Å².